The number of hydrogen-bond acceptors (Lipinski definition) is 4. The molecule has 0 saturated carbocycles. The van der Waals surface area contributed by atoms with Gasteiger partial charge in [0.25, 0.3) is 0 Å². The SMILES string of the molecule is Cc1ccc(C(=O)c2oc3cc4oc(C(=O)c5ccc(C)cc5)c(C)c4cc3c2C)cc1. The molecule has 0 radical (unpaired) electrons. The maximum Gasteiger partial charge on any atom is 0.228 e. The van der Waals surface area contributed by atoms with E-state index in [1.54, 1.807) is 6.07 Å². The van der Waals surface area contributed by atoms with Crippen molar-refractivity contribution in [2.45, 2.75) is 27.7 Å². The molecule has 5 aromatic rings. The van der Waals surface area contributed by atoms with Gasteiger partial charge in [-0.25, -0.2) is 0 Å². The minimum absolute atomic E-state index is 0.151. The van der Waals surface area contributed by atoms with Crippen molar-refractivity contribution in [3.63, 3.8) is 0 Å². The molecular weight excluding hydrogens is 400 g/mol. The predicted molar refractivity (Wildman–Crippen MR) is 125 cm³/mol. The first-order chi connectivity index (χ1) is 15.3. The Bertz CT molecular complexity index is 1400. The maximum atomic E-state index is 13.0. The quantitative estimate of drug-likeness (QED) is 0.296. The van der Waals surface area contributed by atoms with E-state index in [0.717, 1.165) is 33.0 Å². The second kappa shape index (κ2) is 7.34. The molecule has 158 valence electrons. The van der Waals surface area contributed by atoms with Crippen molar-refractivity contribution in [1.29, 1.82) is 0 Å². The molecule has 5 rings (SSSR count). The fourth-order valence-electron chi connectivity index (χ4n) is 4.04. The highest BCUT2D eigenvalue weighted by Gasteiger charge is 2.23. The van der Waals surface area contributed by atoms with E-state index < -0.39 is 0 Å². The Balaban J connectivity index is 1.59. The molecule has 0 spiro atoms. The van der Waals surface area contributed by atoms with Crippen LogP contribution in [-0.4, -0.2) is 11.6 Å². The van der Waals surface area contributed by atoms with Gasteiger partial charge in [-0.2, -0.15) is 0 Å². The molecule has 0 N–H and O–H groups in total. The highest BCUT2D eigenvalue weighted by atomic mass is 16.4. The molecule has 0 atom stereocenters. The van der Waals surface area contributed by atoms with Gasteiger partial charge in [0.15, 0.2) is 11.5 Å². The predicted octanol–water partition coefficient (Wildman–Crippen LogP) is 6.87. The lowest BCUT2D eigenvalue weighted by molar-refractivity contribution is 0.100. The van der Waals surface area contributed by atoms with Crippen LogP contribution in [0.2, 0.25) is 0 Å². The Morgan fingerprint density at radius 2 is 0.938 bits per heavy atom. The van der Waals surface area contributed by atoms with Gasteiger partial charge >= 0.3 is 0 Å². The Morgan fingerprint density at radius 3 is 1.31 bits per heavy atom. The second-order valence-electron chi connectivity index (χ2n) is 8.35. The lowest BCUT2D eigenvalue weighted by atomic mass is 10.0. The van der Waals surface area contributed by atoms with Gasteiger partial charge in [-0.15, -0.1) is 0 Å². The van der Waals surface area contributed by atoms with Crippen molar-refractivity contribution in [3.8, 4) is 0 Å². The minimum Gasteiger partial charge on any atom is -0.452 e. The van der Waals surface area contributed by atoms with Crippen LogP contribution in [0.1, 0.15) is 54.5 Å². The normalized spacial score (nSPS) is 11.4. The standard InChI is InChI=1S/C28H22O4/c1-15-5-9-19(10-6-15)25(29)27-17(3)21-13-22-18(4)28(32-24(22)14-23(21)31-27)26(30)20-11-7-16(2)8-12-20/h5-14H,1-4H3. The van der Waals surface area contributed by atoms with Gasteiger partial charge in [0.1, 0.15) is 11.2 Å². The van der Waals surface area contributed by atoms with Crippen LogP contribution in [-0.2, 0) is 0 Å². The molecule has 4 nitrogen and oxygen atoms in total. The number of hydrogen-bond donors (Lipinski definition) is 0. The average molecular weight is 422 g/mol. The van der Waals surface area contributed by atoms with Gasteiger partial charge < -0.3 is 8.83 Å². The van der Waals surface area contributed by atoms with Gasteiger partial charge in [-0.1, -0.05) is 59.7 Å². The zero-order valence-electron chi connectivity index (χ0n) is 18.4. The van der Waals surface area contributed by atoms with E-state index in [1.807, 2.05) is 82.3 Å². The van der Waals surface area contributed by atoms with Crippen LogP contribution in [0, 0.1) is 27.7 Å². The summed E-state index contributed by atoms with van der Waals surface area (Å²) in [6, 6.07) is 18.6. The molecular formula is C28H22O4. The van der Waals surface area contributed by atoms with Crippen LogP contribution in [0.4, 0.5) is 0 Å². The number of carbonyl (C=O) groups is 2. The van der Waals surface area contributed by atoms with Crippen LogP contribution in [0.3, 0.4) is 0 Å². The third-order valence-corrected chi connectivity index (χ3v) is 6.03. The second-order valence-corrected chi connectivity index (χ2v) is 8.35. The molecule has 4 heteroatoms. The summed E-state index contributed by atoms with van der Waals surface area (Å²) >= 11 is 0. The molecule has 2 heterocycles. The summed E-state index contributed by atoms with van der Waals surface area (Å²) < 4.78 is 11.9. The lowest BCUT2D eigenvalue weighted by Gasteiger charge is -2.00. The summed E-state index contributed by atoms with van der Waals surface area (Å²) in [7, 11) is 0. The summed E-state index contributed by atoms with van der Waals surface area (Å²) in [4.78, 5) is 26.0. The topological polar surface area (TPSA) is 60.4 Å². The zero-order valence-corrected chi connectivity index (χ0v) is 18.4. The maximum absolute atomic E-state index is 13.0. The van der Waals surface area contributed by atoms with E-state index in [-0.39, 0.29) is 11.6 Å². The number of benzene rings is 3. The first-order valence-corrected chi connectivity index (χ1v) is 10.5. The average Bonchev–Trinajstić information content (AvgIpc) is 3.29. The largest absolute Gasteiger partial charge is 0.452 e. The van der Waals surface area contributed by atoms with Crippen molar-refractivity contribution in [2.24, 2.45) is 0 Å². The summed E-state index contributed by atoms with van der Waals surface area (Å²) in [5.74, 6) is 0.347. The van der Waals surface area contributed by atoms with Crippen LogP contribution in [0.25, 0.3) is 21.9 Å². The molecule has 0 fully saturated rings. The molecule has 32 heavy (non-hydrogen) atoms. The number of furan rings is 2. The summed E-state index contributed by atoms with van der Waals surface area (Å²) in [5.41, 5.74) is 6.04. The molecule has 0 amide bonds. The summed E-state index contributed by atoms with van der Waals surface area (Å²) in [5, 5.41) is 1.68. The summed E-state index contributed by atoms with van der Waals surface area (Å²) in [6.45, 7) is 7.73. The Kier molecular flexibility index (Phi) is 4.59. The Morgan fingerprint density at radius 1 is 0.562 bits per heavy atom. The monoisotopic (exact) mass is 422 g/mol. The van der Waals surface area contributed by atoms with Crippen LogP contribution in [0.15, 0.2) is 69.5 Å². The molecule has 0 aliphatic rings. The van der Waals surface area contributed by atoms with Crippen molar-refractivity contribution in [3.05, 3.63) is 106 Å². The Hall–Kier alpha value is -3.92. The fourth-order valence-corrected chi connectivity index (χ4v) is 4.04. The third kappa shape index (κ3) is 3.16. The molecule has 2 aromatic heterocycles. The Labute approximate surface area is 185 Å². The molecule has 0 saturated heterocycles. The molecule has 0 aliphatic heterocycles. The van der Waals surface area contributed by atoms with Crippen molar-refractivity contribution < 1.29 is 18.4 Å². The molecule has 0 bridgehead atoms. The van der Waals surface area contributed by atoms with E-state index in [0.29, 0.717) is 33.8 Å². The lowest BCUT2D eigenvalue weighted by Crippen LogP contribution is -2.01. The molecule has 3 aromatic carbocycles. The minimum atomic E-state index is -0.151. The van der Waals surface area contributed by atoms with E-state index >= 15 is 0 Å². The van der Waals surface area contributed by atoms with Crippen molar-refractivity contribution >= 4 is 33.5 Å². The van der Waals surface area contributed by atoms with Gasteiger partial charge in [-0.05, 0) is 33.8 Å². The highest BCUT2D eigenvalue weighted by molar-refractivity contribution is 6.13. The van der Waals surface area contributed by atoms with Crippen molar-refractivity contribution in [2.75, 3.05) is 0 Å². The number of aryl methyl sites for hydroxylation is 4. The van der Waals surface area contributed by atoms with Crippen LogP contribution >= 0.6 is 0 Å². The number of carbonyl (C=O) groups excluding carboxylic acids is 2. The van der Waals surface area contributed by atoms with E-state index in [2.05, 4.69) is 0 Å². The molecule has 0 aliphatic carbocycles. The first-order valence-electron chi connectivity index (χ1n) is 10.5. The van der Waals surface area contributed by atoms with Crippen molar-refractivity contribution in [1.82, 2.24) is 0 Å². The fraction of sp³-hybridized carbons (Fsp3) is 0.143. The van der Waals surface area contributed by atoms with E-state index in [9.17, 15) is 9.59 Å². The molecule has 0 unspecified atom stereocenters. The van der Waals surface area contributed by atoms with E-state index in [4.69, 9.17) is 8.83 Å². The number of fused-ring (bicyclic) bond motifs is 2. The van der Waals surface area contributed by atoms with Gasteiger partial charge in [0.05, 0.1) is 0 Å². The van der Waals surface area contributed by atoms with E-state index in [1.165, 1.54) is 0 Å². The zero-order chi connectivity index (χ0) is 22.6. The summed E-state index contributed by atoms with van der Waals surface area (Å²) in [6.07, 6.45) is 0. The van der Waals surface area contributed by atoms with Crippen LogP contribution < -0.4 is 0 Å². The van der Waals surface area contributed by atoms with Gasteiger partial charge in [-0.3, -0.25) is 9.59 Å². The number of ketones is 2. The smallest absolute Gasteiger partial charge is 0.228 e. The van der Waals surface area contributed by atoms with Gasteiger partial charge in [0.2, 0.25) is 11.6 Å². The first kappa shape index (κ1) is 20.0. The third-order valence-electron chi connectivity index (χ3n) is 6.03. The van der Waals surface area contributed by atoms with Gasteiger partial charge in [0, 0.05) is 39.1 Å². The van der Waals surface area contributed by atoms with Crippen LogP contribution in [0.5, 0.6) is 0 Å². The highest BCUT2D eigenvalue weighted by Crippen LogP contribution is 2.35. The number of rotatable bonds is 4.